The smallest absolute Gasteiger partial charge is 0.176 e. The Morgan fingerprint density at radius 1 is 0.556 bits per heavy atom. The monoisotopic (exact) mass is 786 g/mol. The van der Waals surface area contributed by atoms with E-state index in [1.54, 1.807) is 31.0 Å². The third-order valence-electron chi connectivity index (χ3n) is 6.83. The van der Waals surface area contributed by atoms with Crippen molar-refractivity contribution in [2.75, 3.05) is 18.4 Å². The van der Waals surface area contributed by atoms with Crippen LogP contribution in [0.1, 0.15) is 25.7 Å². The van der Waals surface area contributed by atoms with Gasteiger partial charge in [-0.05, 0) is 43.7 Å². The molecule has 0 fully saturated rings. The third-order valence-corrected chi connectivity index (χ3v) is 6.83. The molecule has 0 amide bonds. The average molecular weight is 785 g/mol. The first-order chi connectivity index (χ1) is 21.5. The maximum absolute atomic E-state index is 5.48. The van der Waals surface area contributed by atoms with Gasteiger partial charge in [-0.3, -0.25) is 9.97 Å². The van der Waals surface area contributed by atoms with Crippen LogP contribution in [0.5, 0.6) is 0 Å². The number of aryl methyl sites for hydroxylation is 4. The normalized spacial score (nSPS) is 10.2. The number of nitrogens with two attached hydrogens (primary N) is 1. The maximum Gasteiger partial charge on any atom is 0.176 e. The molecule has 0 bridgehead atoms. The van der Waals surface area contributed by atoms with Gasteiger partial charge in [0.05, 0.1) is 11.4 Å². The summed E-state index contributed by atoms with van der Waals surface area (Å²) in [4.78, 5) is 25.5. The fraction of sp³-hybridized carbons (Fsp3) is 0.312. The molecule has 0 unspecified atom stereocenters. The van der Waals surface area contributed by atoms with Crippen molar-refractivity contribution in [2.24, 2.45) is 33.9 Å². The second-order valence-corrected chi connectivity index (χ2v) is 10.2. The molecule has 12 nitrogen and oxygen atoms in total. The summed E-state index contributed by atoms with van der Waals surface area (Å²) in [7, 11) is 7.82. The van der Waals surface area contributed by atoms with Crippen LogP contribution in [0.4, 0.5) is 5.69 Å². The van der Waals surface area contributed by atoms with Crippen LogP contribution in [0, 0.1) is 0 Å². The van der Waals surface area contributed by atoms with Crippen molar-refractivity contribution in [2.45, 2.75) is 25.7 Å². The topological polar surface area (TPSA) is 135 Å². The van der Waals surface area contributed by atoms with Crippen molar-refractivity contribution in [3.05, 3.63) is 92.3 Å². The first-order valence-electron chi connectivity index (χ1n) is 14.7. The van der Waals surface area contributed by atoms with E-state index in [9.17, 15) is 0 Å². The largest absolute Gasteiger partial charge is 0.385 e. The first kappa shape index (κ1) is 35.0. The summed E-state index contributed by atoms with van der Waals surface area (Å²) in [6.45, 7) is 1.78. The van der Waals surface area contributed by atoms with Gasteiger partial charge in [0.25, 0.3) is 0 Å². The average Bonchev–Trinajstić information content (AvgIpc) is 3.86. The SMILES string of the molecule is Cn1ccnc1-c1nccn1C.Cn1ccnc1-c1nccn1C.NCCCCCCNc1ccnc(-c2ccccn2)c1.[Os]. The van der Waals surface area contributed by atoms with Crippen LogP contribution in [0.15, 0.2) is 92.3 Å². The quantitative estimate of drug-likeness (QED) is 0.191. The molecule has 45 heavy (non-hydrogen) atoms. The molecule has 6 aromatic heterocycles. The molecule has 0 aliphatic carbocycles. The molecule has 6 rings (SSSR count). The van der Waals surface area contributed by atoms with E-state index < -0.39 is 0 Å². The Morgan fingerprint density at radius 2 is 1.04 bits per heavy atom. The van der Waals surface area contributed by atoms with E-state index in [0.29, 0.717) is 0 Å². The van der Waals surface area contributed by atoms with Gasteiger partial charge in [-0.15, -0.1) is 0 Å². The Balaban J connectivity index is 0.000000191. The Labute approximate surface area is 277 Å². The molecular formula is C32H42N12Os. The summed E-state index contributed by atoms with van der Waals surface area (Å²) in [5.41, 5.74) is 8.38. The third kappa shape index (κ3) is 10.3. The van der Waals surface area contributed by atoms with Crippen LogP contribution in [-0.4, -0.2) is 61.3 Å². The Bertz CT molecular complexity index is 1510. The number of nitrogens with one attached hydrogen (secondary N) is 1. The second kappa shape index (κ2) is 18.4. The van der Waals surface area contributed by atoms with Crippen molar-refractivity contribution in [3.8, 4) is 34.7 Å². The Hall–Kier alpha value is -4.46. The number of unbranched alkanes of at least 4 members (excludes halogenated alkanes) is 3. The zero-order valence-corrected chi connectivity index (χ0v) is 28.8. The standard InChI is InChI=1S/C16H22N4.2C8H10N4.Os/c17-9-4-1-2-5-10-18-14-8-12-20-16(13-14)15-7-3-6-11-19-15;2*1-11-5-3-9-7(11)8-10-4-6-12(8)2;/h3,6-8,11-13H,1-2,4-5,9-10,17H2,(H,18,20);2*3-6H,1-2H3;. The Kier molecular flexibility index (Phi) is 14.3. The van der Waals surface area contributed by atoms with Crippen LogP contribution >= 0.6 is 0 Å². The number of aromatic nitrogens is 10. The Morgan fingerprint density at radius 3 is 1.47 bits per heavy atom. The van der Waals surface area contributed by atoms with Crippen molar-refractivity contribution < 1.29 is 19.8 Å². The fourth-order valence-corrected chi connectivity index (χ4v) is 4.37. The molecule has 0 saturated carbocycles. The number of pyridine rings is 2. The molecule has 13 heteroatoms. The van der Waals surface area contributed by atoms with Crippen molar-refractivity contribution >= 4 is 5.69 Å². The van der Waals surface area contributed by atoms with Crippen LogP contribution in [0.25, 0.3) is 34.7 Å². The minimum Gasteiger partial charge on any atom is -0.385 e. The number of nitrogens with zero attached hydrogens (tertiary/aromatic N) is 10. The molecule has 0 atom stereocenters. The zero-order valence-electron chi connectivity index (χ0n) is 26.3. The number of hydrogen-bond acceptors (Lipinski definition) is 8. The van der Waals surface area contributed by atoms with E-state index in [-0.39, 0.29) is 19.8 Å². The van der Waals surface area contributed by atoms with Gasteiger partial charge in [-0.2, -0.15) is 0 Å². The van der Waals surface area contributed by atoms with Crippen LogP contribution in [0.2, 0.25) is 0 Å². The van der Waals surface area contributed by atoms with Crippen LogP contribution in [-0.2, 0) is 48.0 Å². The summed E-state index contributed by atoms with van der Waals surface area (Å²) >= 11 is 0. The minimum atomic E-state index is 0. The van der Waals surface area contributed by atoms with E-state index in [0.717, 1.165) is 59.9 Å². The summed E-state index contributed by atoms with van der Waals surface area (Å²) in [6, 6.07) is 9.89. The summed E-state index contributed by atoms with van der Waals surface area (Å²) < 4.78 is 7.79. The van der Waals surface area contributed by atoms with Gasteiger partial charge in [0.1, 0.15) is 0 Å². The van der Waals surface area contributed by atoms with Crippen molar-refractivity contribution in [1.29, 1.82) is 0 Å². The van der Waals surface area contributed by atoms with E-state index >= 15 is 0 Å². The fourth-order valence-electron chi connectivity index (χ4n) is 4.37. The zero-order chi connectivity index (χ0) is 31.1. The molecule has 238 valence electrons. The van der Waals surface area contributed by atoms with Gasteiger partial charge >= 0.3 is 0 Å². The maximum atomic E-state index is 5.48. The summed E-state index contributed by atoms with van der Waals surface area (Å²) in [5.74, 6) is 3.56. The van der Waals surface area contributed by atoms with Gasteiger partial charge in [-0.25, -0.2) is 19.9 Å². The van der Waals surface area contributed by atoms with E-state index in [1.807, 2.05) is 108 Å². The number of hydrogen-bond donors (Lipinski definition) is 2. The number of anilines is 1. The van der Waals surface area contributed by atoms with Crippen LogP contribution in [0.3, 0.4) is 0 Å². The summed E-state index contributed by atoms with van der Waals surface area (Å²) in [6.07, 6.45) is 23.0. The number of imidazole rings is 4. The first-order valence-corrected chi connectivity index (χ1v) is 14.7. The molecular weight excluding hydrogens is 743 g/mol. The van der Waals surface area contributed by atoms with Gasteiger partial charge in [0.2, 0.25) is 0 Å². The minimum absolute atomic E-state index is 0. The molecule has 0 aromatic carbocycles. The van der Waals surface area contributed by atoms with Gasteiger partial charge in [0, 0.05) is 122 Å². The molecule has 0 radical (unpaired) electrons. The van der Waals surface area contributed by atoms with Crippen molar-refractivity contribution in [3.63, 3.8) is 0 Å². The van der Waals surface area contributed by atoms with Gasteiger partial charge in [-0.1, -0.05) is 18.9 Å². The molecule has 3 N–H and O–H groups in total. The molecule has 0 aliphatic heterocycles. The molecule has 6 aromatic rings. The van der Waals surface area contributed by atoms with Crippen molar-refractivity contribution in [1.82, 2.24) is 48.2 Å². The predicted molar refractivity (Wildman–Crippen MR) is 174 cm³/mol. The number of rotatable bonds is 10. The second-order valence-electron chi connectivity index (χ2n) is 10.2. The van der Waals surface area contributed by atoms with E-state index in [1.165, 1.54) is 19.3 Å². The summed E-state index contributed by atoms with van der Waals surface area (Å²) in [5, 5.41) is 3.43. The van der Waals surface area contributed by atoms with E-state index in [2.05, 4.69) is 35.2 Å². The molecule has 0 aliphatic rings. The van der Waals surface area contributed by atoms with Gasteiger partial charge < -0.3 is 29.3 Å². The van der Waals surface area contributed by atoms with Gasteiger partial charge in [0.15, 0.2) is 23.3 Å². The van der Waals surface area contributed by atoms with E-state index in [4.69, 9.17) is 5.73 Å². The molecule has 6 heterocycles. The predicted octanol–water partition coefficient (Wildman–Crippen LogP) is 4.71. The van der Waals surface area contributed by atoms with Crippen LogP contribution < -0.4 is 11.1 Å². The molecule has 0 saturated heterocycles. The molecule has 0 spiro atoms.